The van der Waals surface area contributed by atoms with E-state index in [2.05, 4.69) is 33.7 Å². The Morgan fingerprint density at radius 1 is 0.720 bits per heavy atom. The molecule has 0 unspecified atom stereocenters. The van der Waals surface area contributed by atoms with Gasteiger partial charge in [0.15, 0.2) is 0 Å². The molecule has 4 heteroatoms. The summed E-state index contributed by atoms with van der Waals surface area (Å²) in [5, 5.41) is 13.7. The molecule has 0 aliphatic carbocycles. The van der Waals surface area contributed by atoms with Crippen LogP contribution in [0, 0.1) is 6.92 Å². The quantitative estimate of drug-likeness (QED) is 0.543. The van der Waals surface area contributed by atoms with Crippen LogP contribution in [0.3, 0.4) is 0 Å². The van der Waals surface area contributed by atoms with Crippen molar-refractivity contribution in [3.05, 3.63) is 96.7 Å². The summed E-state index contributed by atoms with van der Waals surface area (Å²) in [7, 11) is 0. The Morgan fingerprint density at radius 3 is 1.80 bits per heavy atom. The Kier molecular flexibility index (Phi) is 5.56. The topological polar surface area (TPSA) is 53.6 Å². The second-order valence-electron chi connectivity index (χ2n) is 5.53. The summed E-state index contributed by atoms with van der Waals surface area (Å²) in [6, 6.07) is 28.4. The summed E-state index contributed by atoms with van der Waals surface area (Å²) < 4.78 is 0. The van der Waals surface area contributed by atoms with Crippen LogP contribution in [0.25, 0.3) is 11.3 Å². The predicted octanol–water partition coefficient (Wildman–Crippen LogP) is 5.21. The van der Waals surface area contributed by atoms with Crippen LogP contribution in [-0.4, -0.2) is 15.4 Å². The van der Waals surface area contributed by atoms with Gasteiger partial charge in [-0.2, -0.15) is 15.4 Å². The molecule has 0 bridgehead atoms. The van der Waals surface area contributed by atoms with Crippen LogP contribution < -0.4 is 5.32 Å². The molecule has 0 spiro atoms. The van der Waals surface area contributed by atoms with Gasteiger partial charge in [0.1, 0.15) is 5.69 Å². The van der Waals surface area contributed by atoms with Crippen LogP contribution in [0.4, 0.5) is 11.4 Å². The molecule has 0 fully saturated rings. The first kappa shape index (κ1) is 16.5. The summed E-state index contributed by atoms with van der Waals surface area (Å²) in [6.07, 6.45) is 1.72. The normalized spacial score (nSPS) is 9.80. The number of anilines is 2. The molecular weight excluding hydrogens is 308 g/mol. The molecule has 1 aromatic heterocycles. The molecule has 2 N–H and O–H groups in total. The van der Waals surface area contributed by atoms with Gasteiger partial charge in [0.2, 0.25) is 0 Å². The number of aryl methyl sites for hydroxylation is 1. The van der Waals surface area contributed by atoms with Crippen molar-refractivity contribution in [1.82, 2.24) is 15.4 Å². The number of aromatic amines is 1. The lowest BCUT2D eigenvalue weighted by molar-refractivity contribution is 0.942. The van der Waals surface area contributed by atoms with Gasteiger partial charge in [0.25, 0.3) is 0 Å². The van der Waals surface area contributed by atoms with Gasteiger partial charge in [-0.25, -0.2) is 0 Å². The van der Waals surface area contributed by atoms with E-state index in [1.54, 1.807) is 6.20 Å². The third kappa shape index (κ3) is 4.78. The second kappa shape index (κ2) is 8.45. The van der Waals surface area contributed by atoms with E-state index >= 15 is 0 Å². The predicted molar refractivity (Wildman–Crippen MR) is 103 cm³/mol. The number of hydrogen-bond acceptors (Lipinski definition) is 3. The molecule has 25 heavy (non-hydrogen) atoms. The first-order valence-corrected chi connectivity index (χ1v) is 8.12. The van der Waals surface area contributed by atoms with Crippen molar-refractivity contribution >= 4 is 11.4 Å². The summed E-state index contributed by atoms with van der Waals surface area (Å²) in [5.74, 6) is 0. The molecule has 0 amide bonds. The molecular formula is C21H20N4. The van der Waals surface area contributed by atoms with Gasteiger partial charge in [-0.05, 0) is 36.8 Å². The number of aromatic nitrogens is 3. The average molecular weight is 328 g/mol. The van der Waals surface area contributed by atoms with Gasteiger partial charge in [0, 0.05) is 16.9 Å². The minimum atomic E-state index is 0.896. The first-order valence-electron chi connectivity index (χ1n) is 8.12. The van der Waals surface area contributed by atoms with Gasteiger partial charge < -0.3 is 5.32 Å². The maximum atomic E-state index is 4.01. The maximum Gasteiger partial charge on any atom is 0.113 e. The van der Waals surface area contributed by atoms with E-state index < -0.39 is 0 Å². The standard InChI is InChI=1S/C12H11N.C9H9N3/c1-3-7-11(8-4-1)13-12-9-5-2-6-10-12;1-7-4-2-3-5-8(7)9-6-10-12-11-9/h1-10,13H;2-6H,1H3,(H,10,11,12). The van der Waals surface area contributed by atoms with Crippen molar-refractivity contribution in [3.63, 3.8) is 0 Å². The van der Waals surface area contributed by atoms with Crippen molar-refractivity contribution in [2.24, 2.45) is 0 Å². The number of benzene rings is 3. The third-order valence-electron chi connectivity index (χ3n) is 3.67. The fraction of sp³-hybridized carbons (Fsp3) is 0.0476. The molecule has 1 heterocycles. The smallest absolute Gasteiger partial charge is 0.113 e. The van der Waals surface area contributed by atoms with Gasteiger partial charge in [-0.15, -0.1) is 0 Å². The molecule has 0 atom stereocenters. The van der Waals surface area contributed by atoms with E-state index in [0.29, 0.717) is 0 Å². The van der Waals surface area contributed by atoms with Crippen LogP contribution in [0.1, 0.15) is 5.56 Å². The molecule has 4 rings (SSSR count). The van der Waals surface area contributed by atoms with E-state index in [1.165, 1.54) is 5.56 Å². The van der Waals surface area contributed by atoms with Crippen molar-refractivity contribution < 1.29 is 0 Å². The molecule has 0 saturated carbocycles. The average Bonchev–Trinajstić information content (AvgIpc) is 3.19. The second-order valence-corrected chi connectivity index (χ2v) is 5.53. The summed E-state index contributed by atoms with van der Waals surface area (Å²) in [4.78, 5) is 0. The number of para-hydroxylation sites is 2. The number of rotatable bonds is 3. The van der Waals surface area contributed by atoms with Crippen LogP contribution in [0.5, 0.6) is 0 Å². The number of nitrogens with zero attached hydrogens (tertiary/aromatic N) is 2. The lowest BCUT2D eigenvalue weighted by Gasteiger charge is -2.04. The molecule has 0 radical (unpaired) electrons. The van der Waals surface area contributed by atoms with Gasteiger partial charge in [-0.3, -0.25) is 0 Å². The molecule has 4 nitrogen and oxygen atoms in total. The van der Waals surface area contributed by atoms with Crippen molar-refractivity contribution in [2.75, 3.05) is 5.32 Å². The summed E-state index contributed by atoms with van der Waals surface area (Å²) >= 11 is 0. The Bertz CT molecular complexity index is 835. The van der Waals surface area contributed by atoms with Crippen molar-refractivity contribution in [3.8, 4) is 11.3 Å². The van der Waals surface area contributed by atoms with Crippen LogP contribution in [0.2, 0.25) is 0 Å². The zero-order chi connectivity index (χ0) is 17.3. The van der Waals surface area contributed by atoms with Crippen LogP contribution in [0.15, 0.2) is 91.1 Å². The fourth-order valence-corrected chi connectivity index (χ4v) is 2.40. The van der Waals surface area contributed by atoms with Crippen molar-refractivity contribution in [2.45, 2.75) is 6.92 Å². The zero-order valence-corrected chi connectivity index (χ0v) is 14.1. The maximum absolute atomic E-state index is 4.01. The summed E-state index contributed by atoms with van der Waals surface area (Å²) in [5.41, 5.74) is 5.48. The monoisotopic (exact) mass is 328 g/mol. The number of H-pyrrole nitrogens is 1. The number of hydrogen-bond donors (Lipinski definition) is 2. The Labute approximate surface area is 147 Å². The van der Waals surface area contributed by atoms with E-state index in [0.717, 1.165) is 22.6 Å². The lowest BCUT2D eigenvalue weighted by atomic mass is 10.1. The lowest BCUT2D eigenvalue weighted by Crippen LogP contribution is -1.87. The van der Waals surface area contributed by atoms with Gasteiger partial charge >= 0.3 is 0 Å². The highest BCUT2D eigenvalue weighted by atomic mass is 15.3. The Hall–Kier alpha value is -3.40. The van der Waals surface area contributed by atoms with Crippen molar-refractivity contribution in [1.29, 1.82) is 0 Å². The van der Waals surface area contributed by atoms with Gasteiger partial charge in [-0.1, -0.05) is 60.7 Å². The van der Waals surface area contributed by atoms with Crippen LogP contribution in [-0.2, 0) is 0 Å². The van der Waals surface area contributed by atoms with E-state index in [9.17, 15) is 0 Å². The highest BCUT2D eigenvalue weighted by Gasteiger charge is 2.01. The highest BCUT2D eigenvalue weighted by molar-refractivity contribution is 5.61. The third-order valence-corrected chi connectivity index (χ3v) is 3.67. The minimum absolute atomic E-state index is 0.896. The number of nitrogens with one attached hydrogen (secondary N) is 2. The molecule has 3 aromatic carbocycles. The molecule has 4 aromatic rings. The first-order chi connectivity index (χ1) is 12.3. The minimum Gasteiger partial charge on any atom is -0.356 e. The molecule has 124 valence electrons. The Balaban J connectivity index is 0.000000146. The van der Waals surface area contributed by atoms with Crippen LogP contribution >= 0.6 is 0 Å². The van der Waals surface area contributed by atoms with Gasteiger partial charge in [0.05, 0.1) is 6.20 Å². The Morgan fingerprint density at radius 2 is 1.28 bits per heavy atom. The molecule has 0 aliphatic rings. The summed E-state index contributed by atoms with van der Waals surface area (Å²) in [6.45, 7) is 2.06. The van der Waals surface area contributed by atoms with E-state index in [-0.39, 0.29) is 0 Å². The fourth-order valence-electron chi connectivity index (χ4n) is 2.40. The van der Waals surface area contributed by atoms with E-state index in [4.69, 9.17) is 0 Å². The van der Waals surface area contributed by atoms with E-state index in [1.807, 2.05) is 78.9 Å². The highest BCUT2D eigenvalue weighted by Crippen LogP contribution is 2.18. The zero-order valence-electron chi connectivity index (χ0n) is 14.1. The SMILES string of the molecule is Cc1ccccc1-c1cn[nH]n1.c1ccc(Nc2ccccc2)cc1. The molecule has 0 saturated heterocycles. The molecule has 0 aliphatic heterocycles. The largest absolute Gasteiger partial charge is 0.356 e.